The van der Waals surface area contributed by atoms with Crippen molar-refractivity contribution in [2.45, 2.75) is 52.0 Å². The molecule has 5 heteroatoms. The van der Waals surface area contributed by atoms with E-state index < -0.39 is 0 Å². The predicted molar refractivity (Wildman–Crippen MR) is 113 cm³/mol. The second-order valence-corrected chi connectivity index (χ2v) is 9.05. The van der Waals surface area contributed by atoms with Gasteiger partial charge in [-0.1, -0.05) is 39.2 Å². The summed E-state index contributed by atoms with van der Waals surface area (Å²) in [5.41, 5.74) is 0. The summed E-state index contributed by atoms with van der Waals surface area (Å²) in [5.74, 6) is 3.10. The van der Waals surface area contributed by atoms with Gasteiger partial charge in [0.15, 0.2) is 0 Å². The van der Waals surface area contributed by atoms with Crippen molar-refractivity contribution in [3.05, 3.63) is 24.4 Å². The van der Waals surface area contributed by atoms with E-state index in [9.17, 15) is 4.79 Å². The van der Waals surface area contributed by atoms with Gasteiger partial charge in [-0.3, -0.25) is 9.69 Å². The van der Waals surface area contributed by atoms with Gasteiger partial charge in [0, 0.05) is 57.4 Å². The lowest BCUT2D eigenvalue weighted by Gasteiger charge is -2.50. The average molecular weight is 385 g/mol. The molecule has 154 valence electrons. The first-order chi connectivity index (χ1) is 13.7. The highest BCUT2D eigenvalue weighted by atomic mass is 16.2. The number of carbonyl (C=O) groups excluding carboxylic acids is 1. The van der Waals surface area contributed by atoms with Crippen molar-refractivity contribution in [2.75, 3.05) is 44.2 Å². The summed E-state index contributed by atoms with van der Waals surface area (Å²) in [6, 6.07) is 6.68. The molecule has 0 radical (unpaired) electrons. The van der Waals surface area contributed by atoms with Crippen molar-refractivity contribution in [2.24, 2.45) is 17.8 Å². The lowest BCUT2D eigenvalue weighted by Crippen LogP contribution is -2.65. The SMILES string of the molecule is CCC(C)C1CCCCC1C(=O)N1CC(N2CCN(c3ccccn3)CC2)C1. The Balaban J connectivity index is 1.26. The van der Waals surface area contributed by atoms with Crippen LogP contribution in [0.15, 0.2) is 24.4 Å². The molecule has 3 fully saturated rings. The largest absolute Gasteiger partial charge is 0.354 e. The van der Waals surface area contributed by atoms with Gasteiger partial charge in [0.05, 0.1) is 0 Å². The Morgan fingerprint density at radius 1 is 1.14 bits per heavy atom. The summed E-state index contributed by atoms with van der Waals surface area (Å²) in [6.07, 6.45) is 7.96. The molecule has 0 spiro atoms. The minimum Gasteiger partial charge on any atom is -0.354 e. The summed E-state index contributed by atoms with van der Waals surface area (Å²) in [4.78, 5) is 24.7. The van der Waals surface area contributed by atoms with Gasteiger partial charge >= 0.3 is 0 Å². The van der Waals surface area contributed by atoms with E-state index >= 15 is 0 Å². The second kappa shape index (κ2) is 8.81. The van der Waals surface area contributed by atoms with Crippen LogP contribution in [0.4, 0.5) is 5.82 Å². The van der Waals surface area contributed by atoms with E-state index in [1.807, 2.05) is 12.3 Å². The Labute approximate surface area is 170 Å². The lowest BCUT2D eigenvalue weighted by molar-refractivity contribution is -0.147. The summed E-state index contributed by atoms with van der Waals surface area (Å²) >= 11 is 0. The van der Waals surface area contributed by atoms with Crippen LogP contribution in [0.3, 0.4) is 0 Å². The molecule has 1 aliphatic carbocycles. The Hall–Kier alpha value is -1.62. The normalized spacial score (nSPS) is 28.1. The number of rotatable bonds is 5. The second-order valence-electron chi connectivity index (χ2n) is 9.05. The molecule has 2 saturated heterocycles. The monoisotopic (exact) mass is 384 g/mol. The minimum atomic E-state index is 0.283. The van der Waals surface area contributed by atoms with Crippen LogP contribution in [0.2, 0.25) is 0 Å². The molecule has 3 unspecified atom stereocenters. The van der Waals surface area contributed by atoms with Crippen molar-refractivity contribution < 1.29 is 4.79 Å². The first-order valence-electron chi connectivity index (χ1n) is 11.4. The van der Waals surface area contributed by atoms with Gasteiger partial charge in [0.1, 0.15) is 5.82 Å². The topological polar surface area (TPSA) is 39.7 Å². The zero-order valence-corrected chi connectivity index (χ0v) is 17.6. The van der Waals surface area contributed by atoms with E-state index in [4.69, 9.17) is 0 Å². The van der Waals surface area contributed by atoms with Crippen LogP contribution in [-0.2, 0) is 4.79 Å². The van der Waals surface area contributed by atoms with E-state index in [0.717, 1.165) is 51.5 Å². The van der Waals surface area contributed by atoms with Crippen LogP contribution < -0.4 is 4.90 Å². The Kier molecular flexibility index (Phi) is 6.19. The van der Waals surface area contributed by atoms with Crippen molar-refractivity contribution >= 4 is 11.7 Å². The highest BCUT2D eigenvalue weighted by molar-refractivity contribution is 5.80. The van der Waals surface area contributed by atoms with E-state index in [-0.39, 0.29) is 5.92 Å². The number of amides is 1. The van der Waals surface area contributed by atoms with Crippen LogP contribution in [0.5, 0.6) is 0 Å². The molecule has 1 amide bonds. The van der Waals surface area contributed by atoms with Crippen molar-refractivity contribution in [1.29, 1.82) is 0 Å². The number of likely N-dealkylation sites (tertiary alicyclic amines) is 1. The van der Waals surface area contributed by atoms with Crippen LogP contribution in [-0.4, -0.2) is 66.0 Å². The summed E-state index contributed by atoms with van der Waals surface area (Å²) in [6.45, 7) is 10.7. The van der Waals surface area contributed by atoms with E-state index in [0.29, 0.717) is 23.8 Å². The number of hydrogen-bond acceptors (Lipinski definition) is 4. The number of piperazine rings is 1. The smallest absolute Gasteiger partial charge is 0.226 e. The Bertz CT molecular complexity index is 637. The molecular formula is C23H36N4O. The van der Waals surface area contributed by atoms with Crippen molar-refractivity contribution in [3.8, 4) is 0 Å². The lowest BCUT2D eigenvalue weighted by atomic mass is 9.71. The molecule has 1 saturated carbocycles. The molecule has 1 aromatic heterocycles. The highest BCUT2D eigenvalue weighted by Gasteiger charge is 2.42. The number of hydrogen-bond donors (Lipinski definition) is 0. The molecule has 2 aliphatic heterocycles. The molecule has 1 aromatic rings. The molecular weight excluding hydrogens is 348 g/mol. The van der Waals surface area contributed by atoms with Gasteiger partial charge in [-0.15, -0.1) is 0 Å². The Morgan fingerprint density at radius 2 is 1.89 bits per heavy atom. The molecule has 0 N–H and O–H groups in total. The van der Waals surface area contributed by atoms with Crippen molar-refractivity contribution in [1.82, 2.24) is 14.8 Å². The third-order valence-corrected chi connectivity index (χ3v) is 7.49. The van der Waals surface area contributed by atoms with Gasteiger partial charge in [-0.25, -0.2) is 4.98 Å². The highest BCUT2D eigenvalue weighted by Crippen LogP contribution is 2.38. The Morgan fingerprint density at radius 3 is 2.57 bits per heavy atom. The van der Waals surface area contributed by atoms with Crippen molar-refractivity contribution in [3.63, 3.8) is 0 Å². The third-order valence-electron chi connectivity index (χ3n) is 7.49. The first kappa shape index (κ1) is 19.7. The van der Waals surface area contributed by atoms with Gasteiger partial charge in [0.25, 0.3) is 0 Å². The number of nitrogens with zero attached hydrogens (tertiary/aromatic N) is 4. The first-order valence-corrected chi connectivity index (χ1v) is 11.4. The van der Waals surface area contributed by atoms with E-state index in [2.05, 4.69) is 45.7 Å². The van der Waals surface area contributed by atoms with Gasteiger partial charge < -0.3 is 9.80 Å². The minimum absolute atomic E-state index is 0.283. The van der Waals surface area contributed by atoms with Crippen LogP contribution in [0, 0.1) is 17.8 Å². The third kappa shape index (κ3) is 4.05. The fraction of sp³-hybridized carbons (Fsp3) is 0.739. The molecule has 5 nitrogen and oxygen atoms in total. The van der Waals surface area contributed by atoms with Gasteiger partial charge in [0.2, 0.25) is 5.91 Å². The fourth-order valence-corrected chi connectivity index (χ4v) is 5.41. The van der Waals surface area contributed by atoms with Crippen LogP contribution >= 0.6 is 0 Å². The van der Waals surface area contributed by atoms with Crippen LogP contribution in [0.25, 0.3) is 0 Å². The van der Waals surface area contributed by atoms with E-state index in [1.54, 1.807) is 0 Å². The maximum atomic E-state index is 13.2. The van der Waals surface area contributed by atoms with Crippen LogP contribution in [0.1, 0.15) is 46.0 Å². The average Bonchev–Trinajstić information content (AvgIpc) is 2.73. The standard InChI is InChI=1S/C23H36N4O/c1-3-18(2)20-8-4-5-9-21(20)23(28)27-16-19(17-27)25-12-14-26(15-13-25)22-10-6-7-11-24-22/h6-7,10-11,18-21H,3-5,8-9,12-17H2,1-2H3. The molecule has 3 atom stereocenters. The molecule has 0 aromatic carbocycles. The number of pyridine rings is 1. The fourth-order valence-electron chi connectivity index (χ4n) is 5.41. The number of anilines is 1. The quantitative estimate of drug-likeness (QED) is 0.781. The summed E-state index contributed by atoms with van der Waals surface area (Å²) < 4.78 is 0. The molecule has 3 heterocycles. The predicted octanol–water partition coefficient (Wildman–Crippen LogP) is 3.27. The summed E-state index contributed by atoms with van der Waals surface area (Å²) in [5, 5.41) is 0. The zero-order valence-electron chi connectivity index (χ0n) is 17.6. The zero-order chi connectivity index (χ0) is 19.5. The van der Waals surface area contributed by atoms with Gasteiger partial charge in [-0.05, 0) is 36.8 Å². The molecule has 0 bridgehead atoms. The van der Waals surface area contributed by atoms with E-state index in [1.165, 1.54) is 25.7 Å². The molecule has 3 aliphatic rings. The maximum Gasteiger partial charge on any atom is 0.226 e. The van der Waals surface area contributed by atoms with Gasteiger partial charge in [-0.2, -0.15) is 0 Å². The number of carbonyl (C=O) groups is 1. The maximum absolute atomic E-state index is 13.2. The molecule has 28 heavy (non-hydrogen) atoms. The summed E-state index contributed by atoms with van der Waals surface area (Å²) in [7, 11) is 0. The molecule has 4 rings (SSSR count). The number of aromatic nitrogens is 1.